The van der Waals surface area contributed by atoms with Crippen molar-refractivity contribution in [2.75, 3.05) is 0 Å². The van der Waals surface area contributed by atoms with Crippen molar-refractivity contribution in [3.05, 3.63) is 0 Å². The van der Waals surface area contributed by atoms with E-state index in [0.717, 1.165) is 0 Å². The van der Waals surface area contributed by atoms with Crippen LogP contribution in [0.2, 0.25) is 0 Å². The topological polar surface area (TPSA) is 17.1 Å². The Hall–Kier alpha value is 1.70. The van der Waals surface area contributed by atoms with Crippen LogP contribution in [-0.2, 0) is 4.57 Å². The van der Waals surface area contributed by atoms with Crippen molar-refractivity contribution >= 4 is 57.8 Å². The average molecular weight is 160 g/mol. The van der Waals surface area contributed by atoms with Gasteiger partial charge in [0.05, 0.1) is 0 Å². The van der Waals surface area contributed by atoms with Crippen molar-refractivity contribution in [1.29, 1.82) is 0 Å². The van der Waals surface area contributed by atoms with E-state index in [4.69, 9.17) is 0 Å². The zero-order valence-corrected chi connectivity index (χ0v) is 6.15. The van der Waals surface area contributed by atoms with Crippen LogP contribution in [0.15, 0.2) is 0 Å². The fourth-order valence-corrected chi connectivity index (χ4v) is 0. The van der Waals surface area contributed by atoms with Crippen LogP contribution in [0.1, 0.15) is 0 Å². The van der Waals surface area contributed by atoms with Gasteiger partial charge < -0.3 is 0 Å². The van der Waals surface area contributed by atoms with E-state index in [1.54, 1.807) is 0 Å². The second-order valence-corrected chi connectivity index (χ2v) is 7.04. The summed E-state index contributed by atoms with van der Waals surface area (Å²) in [6.45, 7) is 0. The molecule has 6 heavy (non-hydrogen) atoms. The molecule has 0 amide bonds. The Morgan fingerprint density at radius 3 is 1.17 bits per heavy atom. The van der Waals surface area contributed by atoms with Gasteiger partial charge in [-0.05, 0) is 33.7 Å². The Kier molecular flexibility index (Phi) is 6.50. The fourth-order valence-electron chi connectivity index (χ4n) is 0. The Balaban J connectivity index is 0. The van der Waals surface area contributed by atoms with Crippen LogP contribution in [0.25, 0.3) is 0 Å². The quantitative estimate of drug-likeness (QED) is 0.393. The molecule has 0 saturated heterocycles. The monoisotopic (exact) mass is 159 g/mol. The molecule has 0 aromatic carbocycles. The molecule has 0 atom stereocenters. The van der Waals surface area contributed by atoms with Gasteiger partial charge in [0.2, 0.25) is 0 Å². The number of rotatable bonds is 0. The van der Waals surface area contributed by atoms with E-state index in [1.807, 2.05) is 0 Å². The Morgan fingerprint density at radius 1 is 1.17 bits per heavy atom. The summed E-state index contributed by atoms with van der Waals surface area (Å²) in [6.07, 6.45) is 0. The van der Waals surface area contributed by atoms with Gasteiger partial charge in [0.1, 0.15) is 0 Å². The standard InChI is InChI=1S/Cl3OP.Li/c1-5(2,3)4;. The molecule has 33 valence electrons. The van der Waals surface area contributed by atoms with Gasteiger partial charge in [-0.1, -0.05) is 0 Å². The van der Waals surface area contributed by atoms with Crippen molar-refractivity contribution in [2.45, 2.75) is 0 Å². The van der Waals surface area contributed by atoms with Gasteiger partial charge in [0.15, 0.2) is 0 Å². The van der Waals surface area contributed by atoms with Crippen molar-refractivity contribution < 1.29 is 4.57 Å². The molecule has 1 radical (unpaired) electrons. The van der Waals surface area contributed by atoms with E-state index in [9.17, 15) is 4.57 Å². The van der Waals surface area contributed by atoms with E-state index in [1.165, 1.54) is 0 Å². The molecule has 0 aliphatic carbocycles. The van der Waals surface area contributed by atoms with Gasteiger partial charge in [0.25, 0.3) is 0 Å². The molecule has 0 unspecified atom stereocenters. The summed E-state index contributed by atoms with van der Waals surface area (Å²) in [5.74, 6) is 0. The second-order valence-electron chi connectivity index (χ2n) is 0.399. The Bertz CT molecular complexity index is 56.9. The third-order valence-corrected chi connectivity index (χ3v) is 0. The van der Waals surface area contributed by atoms with Crippen LogP contribution in [-0.4, -0.2) is 18.9 Å². The molecule has 0 aromatic heterocycles. The Morgan fingerprint density at radius 2 is 1.17 bits per heavy atom. The van der Waals surface area contributed by atoms with Crippen LogP contribution < -0.4 is 0 Å². The van der Waals surface area contributed by atoms with E-state index < -0.39 is 5.20 Å². The van der Waals surface area contributed by atoms with Gasteiger partial charge in [-0.15, -0.1) is 0 Å². The zero-order chi connectivity index (χ0) is 4.50. The van der Waals surface area contributed by atoms with E-state index >= 15 is 0 Å². The molecule has 0 bridgehead atoms. The van der Waals surface area contributed by atoms with Crippen molar-refractivity contribution in [3.8, 4) is 0 Å². The molecular formula is Cl3LiOP. The van der Waals surface area contributed by atoms with Gasteiger partial charge in [-0.2, -0.15) is 0 Å². The van der Waals surface area contributed by atoms with Crippen LogP contribution in [0.3, 0.4) is 0 Å². The molecule has 0 spiro atoms. The van der Waals surface area contributed by atoms with Crippen molar-refractivity contribution in [2.24, 2.45) is 0 Å². The molecule has 0 fully saturated rings. The minimum Gasteiger partial charge on any atom is -0.271 e. The molecule has 0 rings (SSSR count). The largest absolute Gasteiger partial charge is 0.339 e. The van der Waals surface area contributed by atoms with Gasteiger partial charge >= 0.3 is 5.20 Å². The normalized spacial score (nSPS) is 9.83. The number of hydrogen-bond acceptors (Lipinski definition) is 1. The third-order valence-electron chi connectivity index (χ3n) is 0. The third kappa shape index (κ3) is 43.6. The van der Waals surface area contributed by atoms with E-state index in [2.05, 4.69) is 33.7 Å². The molecule has 0 aliphatic rings. The predicted molar refractivity (Wildman–Crippen MR) is 30.9 cm³/mol. The maximum Gasteiger partial charge on any atom is 0.339 e. The van der Waals surface area contributed by atoms with Crippen LogP contribution in [0.5, 0.6) is 0 Å². The summed E-state index contributed by atoms with van der Waals surface area (Å²) in [5.41, 5.74) is 0. The Labute approximate surface area is 62.2 Å². The fraction of sp³-hybridized carbons (Fsp3) is 0. The minimum absolute atomic E-state index is 0. The number of halogens is 3. The summed E-state index contributed by atoms with van der Waals surface area (Å²) in [4.78, 5) is 0. The maximum atomic E-state index is 9.51. The maximum absolute atomic E-state index is 9.51. The summed E-state index contributed by atoms with van der Waals surface area (Å²) in [6, 6.07) is 0. The minimum atomic E-state index is -3.22. The summed E-state index contributed by atoms with van der Waals surface area (Å²) < 4.78 is 9.51. The van der Waals surface area contributed by atoms with Crippen molar-refractivity contribution in [1.82, 2.24) is 0 Å². The zero-order valence-electron chi connectivity index (χ0n) is 2.99. The summed E-state index contributed by atoms with van der Waals surface area (Å²) >= 11 is 13.8. The summed E-state index contributed by atoms with van der Waals surface area (Å²) in [7, 11) is 0. The SMILES string of the molecule is O=P(Cl)(Cl)Cl.[Li]. The smallest absolute Gasteiger partial charge is 0.271 e. The first-order chi connectivity index (χ1) is 2.00. The summed E-state index contributed by atoms with van der Waals surface area (Å²) in [5, 5.41) is -3.22. The first-order valence-corrected chi connectivity index (χ1v) is 5.11. The van der Waals surface area contributed by atoms with Crippen LogP contribution >= 0.6 is 38.9 Å². The van der Waals surface area contributed by atoms with Crippen LogP contribution in [0.4, 0.5) is 0 Å². The molecule has 0 heterocycles. The van der Waals surface area contributed by atoms with Gasteiger partial charge in [0, 0.05) is 18.9 Å². The van der Waals surface area contributed by atoms with E-state index in [-0.39, 0.29) is 18.9 Å². The first-order valence-electron chi connectivity index (χ1n) is 0.690. The number of hydrogen-bond donors (Lipinski definition) is 0. The predicted octanol–water partition coefficient (Wildman–Crippen LogP) is 2.43. The first kappa shape index (κ1) is 10.6. The average Bonchev–Trinajstić information content (AvgIpc) is 0.722. The van der Waals surface area contributed by atoms with Gasteiger partial charge in [-0.3, -0.25) is 4.57 Å². The molecule has 1 nitrogen and oxygen atoms in total. The molecule has 0 aliphatic heterocycles. The van der Waals surface area contributed by atoms with Gasteiger partial charge in [-0.25, -0.2) is 0 Å². The molecule has 0 N–H and O–H groups in total. The van der Waals surface area contributed by atoms with Crippen LogP contribution in [0, 0.1) is 0 Å². The van der Waals surface area contributed by atoms with Crippen molar-refractivity contribution in [3.63, 3.8) is 0 Å². The molecule has 0 aromatic rings. The van der Waals surface area contributed by atoms with E-state index in [0.29, 0.717) is 0 Å². The molecular weight excluding hydrogens is 160 g/mol. The molecule has 0 saturated carbocycles. The second kappa shape index (κ2) is 3.67. The molecule has 6 heteroatoms.